The zero-order valence-corrected chi connectivity index (χ0v) is 13.1. The van der Waals surface area contributed by atoms with Gasteiger partial charge in [-0.25, -0.2) is 4.79 Å². The normalized spacial score (nSPS) is 11.5. The quantitative estimate of drug-likeness (QED) is 0.440. The summed E-state index contributed by atoms with van der Waals surface area (Å²) in [6.45, 7) is 7.70. The zero-order chi connectivity index (χ0) is 14.6. The molecule has 0 amide bonds. The molecule has 0 radical (unpaired) electrons. The van der Waals surface area contributed by atoms with Gasteiger partial charge in [-0.05, 0) is 19.3 Å². The van der Waals surface area contributed by atoms with Crippen molar-refractivity contribution in [3.05, 3.63) is 0 Å². The summed E-state index contributed by atoms with van der Waals surface area (Å²) in [6.07, 6.45) is 1.29. The molecule has 114 valence electrons. The van der Waals surface area contributed by atoms with E-state index in [9.17, 15) is 4.79 Å². The standard InChI is InChI=1S/C12H26O6Si/c1-4-7-16-19(17-8-5-2,18-9-6-3)11-10-15-12(13)14/h4-11H2,1-3H3,(H,13,14). The summed E-state index contributed by atoms with van der Waals surface area (Å²) in [4.78, 5) is 10.4. The first kappa shape index (κ1) is 18.4. The molecule has 0 spiro atoms. The summed E-state index contributed by atoms with van der Waals surface area (Å²) in [6, 6.07) is 0.360. The molecule has 6 nitrogen and oxygen atoms in total. The first-order chi connectivity index (χ1) is 9.10. The largest absolute Gasteiger partial charge is 0.505 e. The fraction of sp³-hybridized carbons (Fsp3) is 0.917. The van der Waals surface area contributed by atoms with Crippen molar-refractivity contribution in [2.45, 2.75) is 46.1 Å². The number of hydrogen-bond donors (Lipinski definition) is 1. The van der Waals surface area contributed by atoms with Crippen LogP contribution in [-0.4, -0.2) is 46.5 Å². The Bertz CT molecular complexity index is 214. The molecule has 0 bridgehead atoms. The molecule has 19 heavy (non-hydrogen) atoms. The lowest BCUT2D eigenvalue weighted by atomic mass is 10.5. The van der Waals surface area contributed by atoms with Crippen LogP contribution in [0.3, 0.4) is 0 Å². The molecule has 0 atom stereocenters. The average Bonchev–Trinajstić information content (AvgIpc) is 2.39. The van der Waals surface area contributed by atoms with Gasteiger partial charge in [0.2, 0.25) is 0 Å². The summed E-state index contributed by atoms with van der Waals surface area (Å²) in [7, 11) is -2.81. The Morgan fingerprint density at radius 1 is 0.895 bits per heavy atom. The van der Waals surface area contributed by atoms with Crippen LogP contribution in [0.4, 0.5) is 4.79 Å². The maximum Gasteiger partial charge on any atom is 0.505 e. The Labute approximate surface area is 116 Å². The SMILES string of the molecule is CCCO[Si](CCOC(=O)O)(OCCC)OCCC. The highest BCUT2D eigenvalue weighted by molar-refractivity contribution is 6.60. The van der Waals surface area contributed by atoms with Crippen LogP contribution in [0.1, 0.15) is 40.0 Å². The second-order valence-corrected chi connectivity index (χ2v) is 6.82. The fourth-order valence-electron chi connectivity index (χ4n) is 1.38. The molecule has 0 aliphatic carbocycles. The number of carbonyl (C=O) groups is 1. The van der Waals surface area contributed by atoms with Crippen LogP contribution in [0.2, 0.25) is 6.04 Å². The van der Waals surface area contributed by atoms with E-state index < -0.39 is 15.0 Å². The van der Waals surface area contributed by atoms with E-state index >= 15 is 0 Å². The highest BCUT2D eigenvalue weighted by Gasteiger charge is 2.41. The van der Waals surface area contributed by atoms with E-state index in [1.54, 1.807) is 0 Å². The van der Waals surface area contributed by atoms with Crippen molar-refractivity contribution in [2.75, 3.05) is 26.4 Å². The average molecular weight is 294 g/mol. The van der Waals surface area contributed by atoms with E-state index in [-0.39, 0.29) is 6.61 Å². The molecule has 0 aromatic carbocycles. The number of rotatable bonds is 12. The van der Waals surface area contributed by atoms with E-state index in [2.05, 4.69) is 4.74 Å². The molecule has 1 N–H and O–H groups in total. The Hall–Kier alpha value is -0.633. The first-order valence-electron chi connectivity index (χ1n) is 6.87. The van der Waals surface area contributed by atoms with Crippen LogP contribution in [0, 0.1) is 0 Å². The number of hydrogen-bond acceptors (Lipinski definition) is 5. The van der Waals surface area contributed by atoms with Gasteiger partial charge < -0.3 is 23.1 Å². The minimum Gasteiger partial charge on any atom is -0.450 e. The highest BCUT2D eigenvalue weighted by Crippen LogP contribution is 2.17. The van der Waals surface area contributed by atoms with Gasteiger partial charge in [0, 0.05) is 19.8 Å². The fourth-order valence-corrected chi connectivity index (χ4v) is 3.96. The van der Waals surface area contributed by atoms with Crippen LogP contribution in [0.15, 0.2) is 0 Å². The van der Waals surface area contributed by atoms with Crippen LogP contribution in [-0.2, 0) is 18.0 Å². The van der Waals surface area contributed by atoms with Crippen molar-refractivity contribution in [1.29, 1.82) is 0 Å². The molecule has 0 aliphatic rings. The Morgan fingerprint density at radius 3 is 1.63 bits per heavy atom. The number of carboxylic acid groups (broad SMARTS) is 1. The lowest BCUT2D eigenvalue weighted by Gasteiger charge is -2.29. The summed E-state index contributed by atoms with van der Waals surface area (Å²) in [5.41, 5.74) is 0. The molecule has 0 heterocycles. The molecule has 0 aliphatic heterocycles. The molecule has 0 aromatic rings. The monoisotopic (exact) mass is 294 g/mol. The van der Waals surface area contributed by atoms with Crippen molar-refractivity contribution in [3.63, 3.8) is 0 Å². The van der Waals surface area contributed by atoms with Gasteiger partial charge in [0.1, 0.15) is 0 Å². The molecule has 0 fully saturated rings. The topological polar surface area (TPSA) is 74.2 Å². The molecular weight excluding hydrogens is 268 g/mol. The van der Waals surface area contributed by atoms with Gasteiger partial charge in [-0.15, -0.1) is 0 Å². The van der Waals surface area contributed by atoms with Gasteiger partial charge >= 0.3 is 15.0 Å². The minimum atomic E-state index is -2.81. The lowest BCUT2D eigenvalue weighted by Crippen LogP contribution is -2.47. The Morgan fingerprint density at radius 2 is 1.32 bits per heavy atom. The molecule has 0 saturated heterocycles. The predicted octanol–water partition coefficient (Wildman–Crippen LogP) is 2.90. The van der Waals surface area contributed by atoms with Crippen LogP contribution in [0.5, 0.6) is 0 Å². The third-order valence-corrected chi connectivity index (χ3v) is 4.96. The second-order valence-electron chi connectivity index (χ2n) is 4.09. The van der Waals surface area contributed by atoms with Gasteiger partial charge in [-0.3, -0.25) is 0 Å². The molecule has 0 saturated carbocycles. The van der Waals surface area contributed by atoms with Crippen LogP contribution in [0.25, 0.3) is 0 Å². The second kappa shape index (κ2) is 11.2. The number of ether oxygens (including phenoxy) is 1. The van der Waals surface area contributed by atoms with Crippen LogP contribution >= 0.6 is 0 Å². The first-order valence-corrected chi connectivity index (χ1v) is 8.81. The summed E-state index contributed by atoms with van der Waals surface area (Å²) >= 11 is 0. The summed E-state index contributed by atoms with van der Waals surface area (Å²) < 4.78 is 21.9. The zero-order valence-electron chi connectivity index (χ0n) is 12.1. The van der Waals surface area contributed by atoms with Crippen molar-refractivity contribution in [2.24, 2.45) is 0 Å². The van der Waals surface area contributed by atoms with E-state index in [4.69, 9.17) is 18.4 Å². The van der Waals surface area contributed by atoms with Crippen molar-refractivity contribution in [3.8, 4) is 0 Å². The van der Waals surface area contributed by atoms with E-state index in [1.165, 1.54) is 0 Å². The maximum atomic E-state index is 10.4. The third-order valence-electron chi connectivity index (χ3n) is 2.21. The predicted molar refractivity (Wildman–Crippen MR) is 73.3 cm³/mol. The van der Waals surface area contributed by atoms with Gasteiger partial charge in [-0.2, -0.15) is 0 Å². The van der Waals surface area contributed by atoms with Gasteiger partial charge in [0.05, 0.1) is 12.7 Å². The van der Waals surface area contributed by atoms with Gasteiger partial charge in [0.25, 0.3) is 0 Å². The third kappa shape index (κ3) is 8.98. The Balaban J connectivity index is 4.51. The van der Waals surface area contributed by atoms with Crippen LogP contribution < -0.4 is 0 Å². The molecular formula is C12H26O6Si. The van der Waals surface area contributed by atoms with E-state index in [0.717, 1.165) is 19.3 Å². The van der Waals surface area contributed by atoms with Gasteiger partial charge in [0.15, 0.2) is 0 Å². The Kier molecular flexibility index (Phi) is 10.8. The van der Waals surface area contributed by atoms with Crippen molar-refractivity contribution in [1.82, 2.24) is 0 Å². The smallest absolute Gasteiger partial charge is 0.450 e. The van der Waals surface area contributed by atoms with Crippen molar-refractivity contribution >= 4 is 15.0 Å². The maximum absolute atomic E-state index is 10.4. The summed E-state index contributed by atoms with van der Waals surface area (Å²) in [5, 5.41) is 8.51. The van der Waals surface area contributed by atoms with Crippen molar-refractivity contribution < 1.29 is 27.9 Å². The van der Waals surface area contributed by atoms with Gasteiger partial charge in [-0.1, -0.05) is 20.8 Å². The minimum absolute atomic E-state index is 0.0404. The molecule has 0 aromatic heterocycles. The van der Waals surface area contributed by atoms with E-state index in [0.29, 0.717) is 25.9 Å². The molecule has 0 unspecified atom stereocenters. The highest BCUT2D eigenvalue weighted by atomic mass is 28.4. The molecule has 0 rings (SSSR count). The molecule has 7 heteroatoms. The summed E-state index contributed by atoms with van der Waals surface area (Å²) in [5.74, 6) is 0. The lowest BCUT2D eigenvalue weighted by molar-refractivity contribution is 0.0484. The van der Waals surface area contributed by atoms with E-state index in [1.807, 2.05) is 20.8 Å².